The summed E-state index contributed by atoms with van der Waals surface area (Å²) >= 11 is 0. The van der Waals surface area contributed by atoms with Crippen molar-refractivity contribution in [3.8, 4) is 5.75 Å². The molecule has 8 nitrogen and oxygen atoms in total. The highest BCUT2D eigenvalue weighted by atomic mass is 16.6. The topological polar surface area (TPSA) is 111 Å². The molecule has 0 radical (unpaired) electrons. The maximum absolute atomic E-state index is 12.2. The van der Waals surface area contributed by atoms with Crippen LogP contribution in [0.2, 0.25) is 0 Å². The molecule has 0 heterocycles. The molecule has 0 aliphatic carbocycles. The summed E-state index contributed by atoms with van der Waals surface area (Å²) in [4.78, 5) is 34.2. The number of nitro groups is 1. The van der Waals surface area contributed by atoms with Crippen molar-refractivity contribution in [3.63, 3.8) is 0 Å². The van der Waals surface area contributed by atoms with Crippen LogP contribution in [0, 0.1) is 10.1 Å². The van der Waals surface area contributed by atoms with E-state index in [0.29, 0.717) is 17.9 Å². The van der Waals surface area contributed by atoms with Gasteiger partial charge in [0.05, 0.1) is 17.1 Å². The lowest BCUT2D eigenvalue weighted by Crippen LogP contribution is -2.41. The third-order valence-electron chi connectivity index (χ3n) is 3.22. The molecule has 0 saturated carbocycles. The van der Waals surface area contributed by atoms with Crippen molar-refractivity contribution in [1.82, 2.24) is 10.9 Å². The molecule has 25 heavy (non-hydrogen) atoms. The van der Waals surface area contributed by atoms with Gasteiger partial charge < -0.3 is 4.74 Å². The molecule has 0 saturated heterocycles. The van der Waals surface area contributed by atoms with Gasteiger partial charge in [-0.25, -0.2) is 0 Å². The Kier molecular flexibility index (Phi) is 6.05. The molecule has 0 spiro atoms. The average molecular weight is 343 g/mol. The summed E-state index contributed by atoms with van der Waals surface area (Å²) in [5.74, 6) is -0.691. The minimum atomic E-state index is -0.588. The van der Waals surface area contributed by atoms with Crippen molar-refractivity contribution in [2.75, 3.05) is 6.61 Å². The Morgan fingerprint density at radius 3 is 2.32 bits per heavy atom. The van der Waals surface area contributed by atoms with E-state index in [4.69, 9.17) is 4.74 Å². The van der Waals surface area contributed by atoms with E-state index in [1.54, 1.807) is 24.3 Å². The Balaban J connectivity index is 1.99. The number of ether oxygens (including phenoxy) is 1. The number of non-ortho nitro benzene ring substituents is 1. The molecule has 0 atom stereocenters. The Labute approximate surface area is 143 Å². The van der Waals surface area contributed by atoms with E-state index in [9.17, 15) is 19.7 Å². The van der Waals surface area contributed by atoms with Gasteiger partial charge >= 0.3 is 0 Å². The quantitative estimate of drug-likeness (QED) is 0.618. The standard InChI is InChI=1S/C17H17N3O5/c1-2-11-25-15-6-4-3-5-14(15)17(22)19-18-16(21)12-7-9-13(10-8-12)20(23)24/h3-10H,2,11H2,1H3,(H,18,21)(H,19,22). The lowest BCUT2D eigenvalue weighted by molar-refractivity contribution is -0.384. The molecule has 0 fully saturated rings. The number of carbonyl (C=O) groups excluding carboxylic acids is 2. The van der Waals surface area contributed by atoms with E-state index in [0.717, 1.165) is 6.42 Å². The van der Waals surface area contributed by atoms with Crippen molar-refractivity contribution in [2.45, 2.75) is 13.3 Å². The van der Waals surface area contributed by atoms with Crippen molar-refractivity contribution < 1.29 is 19.2 Å². The molecule has 0 aliphatic rings. The van der Waals surface area contributed by atoms with Crippen LogP contribution in [0.5, 0.6) is 5.75 Å². The molecule has 0 aliphatic heterocycles. The van der Waals surface area contributed by atoms with Gasteiger partial charge in [0.1, 0.15) is 5.75 Å². The van der Waals surface area contributed by atoms with Gasteiger partial charge in [-0.2, -0.15) is 0 Å². The Bertz CT molecular complexity index is 774. The van der Waals surface area contributed by atoms with E-state index in [1.165, 1.54) is 24.3 Å². The first kappa shape index (κ1) is 17.9. The van der Waals surface area contributed by atoms with E-state index in [2.05, 4.69) is 10.9 Å². The monoisotopic (exact) mass is 343 g/mol. The fourth-order valence-electron chi connectivity index (χ4n) is 1.98. The highest BCUT2D eigenvalue weighted by molar-refractivity contribution is 6.00. The van der Waals surface area contributed by atoms with E-state index >= 15 is 0 Å². The number of hydrogen-bond acceptors (Lipinski definition) is 5. The number of para-hydroxylation sites is 1. The first-order valence-electron chi connectivity index (χ1n) is 7.60. The number of nitrogens with zero attached hydrogens (tertiary/aromatic N) is 1. The molecule has 2 aromatic rings. The van der Waals surface area contributed by atoms with Crippen LogP contribution in [-0.4, -0.2) is 23.3 Å². The summed E-state index contributed by atoms with van der Waals surface area (Å²) in [6.07, 6.45) is 0.798. The minimum absolute atomic E-state index is 0.123. The first-order valence-corrected chi connectivity index (χ1v) is 7.60. The van der Waals surface area contributed by atoms with Gasteiger partial charge in [-0.15, -0.1) is 0 Å². The summed E-state index contributed by atoms with van der Waals surface area (Å²) in [5, 5.41) is 10.6. The zero-order valence-electron chi connectivity index (χ0n) is 13.5. The van der Waals surface area contributed by atoms with Crippen LogP contribution in [0.25, 0.3) is 0 Å². The molecule has 2 amide bonds. The fourth-order valence-corrected chi connectivity index (χ4v) is 1.98. The van der Waals surface area contributed by atoms with Gasteiger partial charge in [0, 0.05) is 17.7 Å². The molecular weight excluding hydrogens is 326 g/mol. The van der Waals surface area contributed by atoms with Crippen LogP contribution in [0.1, 0.15) is 34.1 Å². The minimum Gasteiger partial charge on any atom is -0.493 e. The summed E-state index contributed by atoms with van der Waals surface area (Å²) in [5.41, 5.74) is 4.92. The Morgan fingerprint density at radius 2 is 1.68 bits per heavy atom. The molecule has 2 aromatic carbocycles. The largest absolute Gasteiger partial charge is 0.493 e. The third kappa shape index (κ3) is 4.77. The normalized spacial score (nSPS) is 9.96. The highest BCUT2D eigenvalue weighted by Gasteiger charge is 2.14. The number of rotatable bonds is 6. The number of nitro benzene ring substituents is 1. The van der Waals surface area contributed by atoms with Gasteiger partial charge in [-0.3, -0.25) is 30.6 Å². The number of amides is 2. The van der Waals surface area contributed by atoms with Crippen LogP contribution in [-0.2, 0) is 0 Å². The van der Waals surface area contributed by atoms with Crippen molar-refractivity contribution in [1.29, 1.82) is 0 Å². The van der Waals surface area contributed by atoms with Crippen LogP contribution < -0.4 is 15.6 Å². The maximum atomic E-state index is 12.2. The van der Waals surface area contributed by atoms with Gasteiger partial charge in [0.15, 0.2) is 0 Å². The summed E-state index contributed by atoms with van der Waals surface area (Å²) in [7, 11) is 0. The highest BCUT2D eigenvalue weighted by Crippen LogP contribution is 2.18. The molecule has 130 valence electrons. The molecule has 0 bridgehead atoms. The van der Waals surface area contributed by atoms with Crippen LogP contribution in [0.3, 0.4) is 0 Å². The smallest absolute Gasteiger partial charge is 0.273 e. The molecule has 0 aromatic heterocycles. The first-order chi connectivity index (χ1) is 12.0. The summed E-state index contributed by atoms with van der Waals surface area (Å²) < 4.78 is 5.50. The Hall–Kier alpha value is -3.42. The van der Waals surface area contributed by atoms with Crippen LogP contribution in [0.15, 0.2) is 48.5 Å². The lowest BCUT2D eigenvalue weighted by atomic mass is 10.2. The van der Waals surface area contributed by atoms with Gasteiger partial charge in [0.25, 0.3) is 17.5 Å². The van der Waals surface area contributed by atoms with E-state index in [-0.39, 0.29) is 11.3 Å². The second-order valence-corrected chi connectivity index (χ2v) is 5.06. The lowest BCUT2D eigenvalue weighted by Gasteiger charge is -2.11. The van der Waals surface area contributed by atoms with Crippen molar-refractivity contribution in [2.24, 2.45) is 0 Å². The molecule has 8 heteroatoms. The van der Waals surface area contributed by atoms with Gasteiger partial charge in [-0.1, -0.05) is 19.1 Å². The molecule has 2 N–H and O–H groups in total. The zero-order chi connectivity index (χ0) is 18.2. The zero-order valence-corrected chi connectivity index (χ0v) is 13.5. The number of carbonyl (C=O) groups is 2. The molecule has 2 rings (SSSR count). The third-order valence-corrected chi connectivity index (χ3v) is 3.22. The Morgan fingerprint density at radius 1 is 1.04 bits per heavy atom. The van der Waals surface area contributed by atoms with Crippen LogP contribution >= 0.6 is 0 Å². The predicted octanol–water partition coefficient (Wildman–Crippen LogP) is 2.46. The number of benzene rings is 2. The SMILES string of the molecule is CCCOc1ccccc1C(=O)NNC(=O)c1ccc([N+](=O)[O-])cc1. The molecular formula is C17H17N3O5. The summed E-state index contributed by atoms with van der Waals surface area (Å²) in [6, 6.07) is 11.7. The van der Waals surface area contributed by atoms with Gasteiger partial charge in [0.2, 0.25) is 0 Å². The van der Waals surface area contributed by atoms with Gasteiger partial charge in [-0.05, 0) is 30.7 Å². The van der Waals surface area contributed by atoms with Crippen molar-refractivity contribution in [3.05, 3.63) is 69.8 Å². The van der Waals surface area contributed by atoms with Crippen LogP contribution in [0.4, 0.5) is 5.69 Å². The van der Waals surface area contributed by atoms with E-state index < -0.39 is 16.7 Å². The predicted molar refractivity (Wildman–Crippen MR) is 90.3 cm³/mol. The average Bonchev–Trinajstić information content (AvgIpc) is 2.64. The van der Waals surface area contributed by atoms with Crippen molar-refractivity contribution >= 4 is 17.5 Å². The van der Waals surface area contributed by atoms with E-state index in [1.807, 2.05) is 6.92 Å². The molecule has 0 unspecified atom stereocenters. The second kappa shape index (κ2) is 8.44. The number of hydrazine groups is 1. The fraction of sp³-hybridized carbons (Fsp3) is 0.176. The maximum Gasteiger partial charge on any atom is 0.273 e. The summed E-state index contributed by atoms with van der Waals surface area (Å²) in [6.45, 7) is 2.42. The second-order valence-electron chi connectivity index (χ2n) is 5.06. The number of nitrogens with one attached hydrogen (secondary N) is 2. The number of hydrogen-bond donors (Lipinski definition) is 2.